The normalized spacial score (nSPS) is 14.0. The van der Waals surface area contributed by atoms with Crippen LogP contribution in [0.25, 0.3) is 0 Å². The summed E-state index contributed by atoms with van der Waals surface area (Å²) in [7, 11) is -3.71. The van der Waals surface area contributed by atoms with E-state index >= 15 is 0 Å². The maximum Gasteiger partial charge on any atom is 0.253 e. The van der Waals surface area contributed by atoms with Gasteiger partial charge in [-0.1, -0.05) is 48.0 Å². The van der Waals surface area contributed by atoms with E-state index in [0.29, 0.717) is 29.9 Å². The minimum atomic E-state index is -3.71. The van der Waals surface area contributed by atoms with E-state index < -0.39 is 21.5 Å². The molecule has 35 heavy (non-hydrogen) atoms. The van der Waals surface area contributed by atoms with Crippen LogP contribution in [0.5, 0.6) is 0 Å². The molecule has 0 unspecified atom stereocenters. The van der Waals surface area contributed by atoms with Crippen LogP contribution in [-0.4, -0.2) is 57.1 Å². The fraction of sp³-hybridized carbons (Fsp3) is 0.259. The van der Waals surface area contributed by atoms with Crippen molar-refractivity contribution in [3.05, 3.63) is 95.6 Å². The first kappa shape index (κ1) is 24.5. The molecule has 1 saturated heterocycles. The van der Waals surface area contributed by atoms with Gasteiger partial charge in [-0.15, -0.1) is 0 Å². The van der Waals surface area contributed by atoms with E-state index in [1.807, 2.05) is 37.3 Å². The fourth-order valence-corrected chi connectivity index (χ4v) is 5.38. The molecule has 0 aromatic heterocycles. The number of piperazine rings is 1. The van der Waals surface area contributed by atoms with Gasteiger partial charge in [0.1, 0.15) is 5.75 Å². The van der Waals surface area contributed by atoms with Crippen molar-refractivity contribution in [1.29, 1.82) is 0 Å². The Balaban J connectivity index is 1.34. The first-order valence-corrected chi connectivity index (χ1v) is 13.4. The largest absolute Gasteiger partial charge is 0.368 e. The molecule has 3 aromatic rings. The van der Waals surface area contributed by atoms with Crippen molar-refractivity contribution in [3.8, 4) is 0 Å². The lowest BCUT2D eigenvalue weighted by molar-refractivity contribution is -0.113. The van der Waals surface area contributed by atoms with Crippen LogP contribution in [0.4, 0.5) is 11.4 Å². The average molecular weight is 492 g/mol. The Morgan fingerprint density at radius 3 is 2.23 bits per heavy atom. The molecule has 1 aliphatic rings. The van der Waals surface area contributed by atoms with Gasteiger partial charge in [-0.25, -0.2) is 8.42 Å². The molecule has 1 N–H and O–H groups in total. The summed E-state index contributed by atoms with van der Waals surface area (Å²) in [4.78, 5) is 29.4. The van der Waals surface area contributed by atoms with Crippen molar-refractivity contribution in [1.82, 2.24) is 4.90 Å². The van der Waals surface area contributed by atoms with Crippen LogP contribution in [0.1, 0.15) is 21.5 Å². The molecule has 3 aromatic carbocycles. The second kappa shape index (κ2) is 10.7. The molecule has 0 aliphatic carbocycles. The number of carbonyl (C=O) groups is 2. The Bertz CT molecular complexity index is 1280. The van der Waals surface area contributed by atoms with E-state index in [-0.39, 0.29) is 11.7 Å². The van der Waals surface area contributed by atoms with Gasteiger partial charge in [0.2, 0.25) is 5.91 Å². The van der Waals surface area contributed by atoms with Crippen molar-refractivity contribution in [2.45, 2.75) is 12.7 Å². The first-order valence-electron chi connectivity index (χ1n) is 11.5. The van der Waals surface area contributed by atoms with Crippen molar-refractivity contribution < 1.29 is 18.0 Å². The van der Waals surface area contributed by atoms with E-state index in [0.717, 1.165) is 24.3 Å². The molecular weight excluding hydrogens is 462 g/mol. The molecule has 7 nitrogen and oxygen atoms in total. The number of amides is 2. The number of sulfone groups is 1. The Hall–Kier alpha value is -3.65. The zero-order valence-corrected chi connectivity index (χ0v) is 20.5. The van der Waals surface area contributed by atoms with Crippen LogP contribution in [0.3, 0.4) is 0 Å². The summed E-state index contributed by atoms with van der Waals surface area (Å²) in [6.07, 6.45) is 0. The number of nitrogens with one attached hydrogen (secondary N) is 1. The van der Waals surface area contributed by atoms with E-state index in [1.54, 1.807) is 41.3 Å². The highest BCUT2D eigenvalue weighted by atomic mass is 32.2. The van der Waals surface area contributed by atoms with Gasteiger partial charge < -0.3 is 15.1 Å². The van der Waals surface area contributed by atoms with Crippen molar-refractivity contribution in [2.24, 2.45) is 0 Å². The highest BCUT2D eigenvalue weighted by molar-refractivity contribution is 7.91. The number of anilines is 2. The second-order valence-electron chi connectivity index (χ2n) is 8.76. The molecule has 1 aliphatic heterocycles. The zero-order valence-electron chi connectivity index (χ0n) is 19.7. The SMILES string of the molecule is Cc1ccc(NC(=O)CS(=O)(=O)Cc2cccc(C(=O)N3CCN(c4ccccc4)CC3)c2)cc1. The van der Waals surface area contributed by atoms with Crippen LogP contribution in [0, 0.1) is 6.92 Å². The number of rotatable bonds is 7. The van der Waals surface area contributed by atoms with Gasteiger partial charge in [-0.2, -0.15) is 0 Å². The lowest BCUT2D eigenvalue weighted by Gasteiger charge is -2.36. The molecule has 0 spiro atoms. The molecular formula is C27H29N3O4S. The Labute approximate surface area is 206 Å². The maximum atomic E-state index is 13.1. The number of para-hydroxylation sites is 1. The highest BCUT2D eigenvalue weighted by Crippen LogP contribution is 2.18. The summed E-state index contributed by atoms with van der Waals surface area (Å²) >= 11 is 0. The number of nitrogens with zero attached hydrogens (tertiary/aromatic N) is 2. The Morgan fingerprint density at radius 2 is 1.54 bits per heavy atom. The standard InChI is InChI=1S/C27H29N3O4S/c1-21-10-12-24(13-11-21)28-26(31)20-35(33,34)19-22-6-5-7-23(18-22)27(32)30-16-14-29(15-17-30)25-8-3-2-4-9-25/h2-13,18H,14-17,19-20H2,1H3,(H,28,31). The van der Waals surface area contributed by atoms with Crippen LogP contribution in [0.2, 0.25) is 0 Å². The summed E-state index contributed by atoms with van der Waals surface area (Å²) in [5.74, 6) is -1.64. The molecule has 0 bridgehead atoms. The number of benzene rings is 3. The van der Waals surface area contributed by atoms with E-state index in [9.17, 15) is 18.0 Å². The number of hydrogen-bond donors (Lipinski definition) is 1. The van der Waals surface area contributed by atoms with Crippen molar-refractivity contribution in [2.75, 3.05) is 42.1 Å². The molecule has 4 rings (SSSR count). The summed E-state index contributed by atoms with van der Waals surface area (Å²) in [5.41, 5.74) is 3.67. The number of hydrogen-bond acceptors (Lipinski definition) is 5. The summed E-state index contributed by atoms with van der Waals surface area (Å²) in [5, 5.41) is 2.62. The Morgan fingerprint density at radius 1 is 0.857 bits per heavy atom. The highest BCUT2D eigenvalue weighted by Gasteiger charge is 2.23. The summed E-state index contributed by atoms with van der Waals surface area (Å²) in [6.45, 7) is 4.59. The molecule has 182 valence electrons. The molecule has 1 fully saturated rings. The van der Waals surface area contributed by atoms with E-state index in [2.05, 4.69) is 22.3 Å². The van der Waals surface area contributed by atoms with E-state index in [4.69, 9.17) is 0 Å². The predicted molar refractivity (Wildman–Crippen MR) is 138 cm³/mol. The third kappa shape index (κ3) is 6.70. The van der Waals surface area contributed by atoms with Crippen LogP contribution in [-0.2, 0) is 20.4 Å². The second-order valence-corrected chi connectivity index (χ2v) is 10.8. The monoisotopic (exact) mass is 491 g/mol. The molecule has 2 amide bonds. The first-order chi connectivity index (χ1) is 16.8. The smallest absolute Gasteiger partial charge is 0.253 e. The van der Waals surface area contributed by atoms with Gasteiger partial charge in [0.15, 0.2) is 9.84 Å². The third-order valence-electron chi connectivity index (χ3n) is 5.94. The van der Waals surface area contributed by atoms with Gasteiger partial charge in [0.05, 0.1) is 5.75 Å². The van der Waals surface area contributed by atoms with Crippen LogP contribution < -0.4 is 10.2 Å². The number of carbonyl (C=O) groups excluding carboxylic acids is 2. The molecule has 1 heterocycles. The number of aryl methyl sites for hydroxylation is 1. The molecule has 0 saturated carbocycles. The summed E-state index contributed by atoms with van der Waals surface area (Å²) < 4.78 is 25.3. The van der Waals surface area contributed by atoms with Gasteiger partial charge >= 0.3 is 0 Å². The summed E-state index contributed by atoms with van der Waals surface area (Å²) in [6, 6.07) is 23.9. The average Bonchev–Trinajstić information content (AvgIpc) is 2.85. The Kier molecular flexibility index (Phi) is 7.51. The lowest BCUT2D eigenvalue weighted by Crippen LogP contribution is -2.48. The van der Waals surface area contributed by atoms with Gasteiger partial charge in [0.25, 0.3) is 5.91 Å². The predicted octanol–water partition coefficient (Wildman–Crippen LogP) is 3.51. The van der Waals surface area contributed by atoms with Crippen LogP contribution in [0.15, 0.2) is 78.9 Å². The van der Waals surface area contributed by atoms with Gasteiger partial charge in [-0.05, 0) is 48.9 Å². The van der Waals surface area contributed by atoms with Gasteiger partial charge in [-0.3, -0.25) is 9.59 Å². The topological polar surface area (TPSA) is 86.8 Å². The molecule has 8 heteroatoms. The third-order valence-corrected chi connectivity index (χ3v) is 7.41. The minimum absolute atomic E-state index is 0.117. The minimum Gasteiger partial charge on any atom is -0.368 e. The van der Waals surface area contributed by atoms with Crippen molar-refractivity contribution >= 4 is 33.0 Å². The van der Waals surface area contributed by atoms with Crippen LogP contribution >= 0.6 is 0 Å². The lowest BCUT2D eigenvalue weighted by atomic mass is 10.1. The fourth-order valence-electron chi connectivity index (χ4n) is 4.12. The van der Waals surface area contributed by atoms with E-state index in [1.165, 1.54) is 0 Å². The zero-order chi connectivity index (χ0) is 24.8. The maximum absolute atomic E-state index is 13.1. The molecule has 0 radical (unpaired) electrons. The molecule has 0 atom stereocenters. The van der Waals surface area contributed by atoms with Gasteiger partial charge in [0, 0.05) is 43.1 Å². The van der Waals surface area contributed by atoms with Crippen molar-refractivity contribution in [3.63, 3.8) is 0 Å². The quantitative estimate of drug-likeness (QED) is 0.547.